The van der Waals surface area contributed by atoms with Crippen molar-refractivity contribution in [3.63, 3.8) is 0 Å². The van der Waals surface area contributed by atoms with Crippen LogP contribution in [0.1, 0.15) is 24.8 Å². The van der Waals surface area contributed by atoms with E-state index in [9.17, 15) is 13.6 Å². The van der Waals surface area contributed by atoms with Crippen molar-refractivity contribution in [2.24, 2.45) is 5.92 Å². The second-order valence-corrected chi connectivity index (χ2v) is 4.84. The monoisotopic (exact) mass is 304 g/mol. The normalized spacial score (nSPS) is 22.4. The van der Waals surface area contributed by atoms with E-state index in [-0.39, 0.29) is 17.8 Å². The summed E-state index contributed by atoms with van der Waals surface area (Å²) in [6, 6.07) is 2.23. The first-order valence-corrected chi connectivity index (χ1v) is 6.15. The lowest BCUT2D eigenvalue weighted by Crippen LogP contribution is -2.07. The van der Waals surface area contributed by atoms with Crippen molar-refractivity contribution in [1.82, 2.24) is 0 Å². The Morgan fingerprint density at radius 1 is 1.47 bits per heavy atom. The molecule has 0 radical (unpaired) electrons. The molecular weight excluding hydrogens is 294 g/mol. The summed E-state index contributed by atoms with van der Waals surface area (Å²) in [6.45, 7) is 2.07. The minimum atomic E-state index is -0.894. The highest BCUT2D eigenvalue weighted by Gasteiger charge is 2.46. The smallest absolute Gasteiger partial charge is 0.309 e. The molecular formula is C12H11BrF2O2. The summed E-state index contributed by atoms with van der Waals surface area (Å²) in [5.74, 6) is -2.35. The molecule has 0 spiro atoms. The van der Waals surface area contributed by atoms with Crippen molar-refractivity contribution in [1.29, 1.82) is 0 Å². The second kappa shape index (κ2) is 4.72. The van der Waals surface area contributed by atoms with Gasteiger partial charge in [0.15, 0.2) is 11.6 Å². The first kappa shape index (κ1) is 12.5. The maximum Gasteiger partial charge on any atom is 0.309 e. The highest BCUT2D eigenvalue weighted by molar-refractivity contribution is 9.10. The molecule has 0 bridgehead atoms. The topological polar surface area (TPSA) is 26.3 Å². The van der Waals surface area contributed by atoms with Crippen molar-refractivity contribution in [2.45, 2.75) is 19.3 Å². The second-order valence-electron chi connectivity index (χ2n) is 3.99. The zero-order chi connectivity index (χ0) is 12.6. The molecule has 1 saturated carbocycles. The molecule has 92 valence electrons. The molecule has 0 N–H and O–H groups in total. The van der Waals surface area contributed by atoms with Gasteiger partial charge in [-0.1, -0.05) is 15.9 Å². The number of benzene rings is 1. The molecule has 2 rings (SSSR count). The van der Waals surface area contributed by atoms with Gasteiger partial charge >= 0.3 is 5.97 Å². The Bertz CT molecular complexity index is 462. The van der Waals surface area contributed by atoms with Gasteiger partial charge in [-0.2, -0.15) is 0 Å². The zero-order valence-corrected chi connectivity index (χ0v) is 10.8. The van der Waals surface area contributed by atoms with Crippen LogP contribution < -0.4 is 0 Å². The average Bonchev–Trinajstić information content (AvgIpc) is 3.03. The SMILES string of the molecule is CCOC(=O)[C@@H]1C[C@H]1c1cc(F)c(F)cc1Br. The Morgan fingerprint density at radius 3 is 2.76 bits per heavy atom. The summed E-state index contributed by atoms with van der Waals surface area (Å²) in [4.78, 5) is 11.4. The number of ether oxygens (including phenoxy) is 1. The van der Waals surface area contributed by atoms with Crippen molar-refractivity contribution in [3.05, 3.63) is 33.8 Å². The summed E-state index contributed by atoms with van der Waals surface area (Å²) in [7, 11) is 0. The number of carbonyl (C=O) groups is 1. The molecule has 2 atom stereocenters. The van der Waals surface area contributed by atoms with Crippen molar-refractivity contribution >= 4 is 21.9 Å². The molecule has 0 aromatic heterocycles. The van der Waals surface area contributed by atoms with Crippen LogP contribution in [0.5, 0.6) is 0 Å². The molecule has 0 amide bonds. The number of halogens is 3. The highest BCUT2D eigenvalue weighted by atomic mass is 79.9. The standard InChI is InChI=1S/C12H11BrF2O2/c1-2-17-12(16)8-3-6(8)7-4-10(14)11(15)5-9(7)13/h4-6,8H,2-3H2,1H3/t6-,8+/m0/s1. The van der Waals surface area contributed by atoms with Crippen LogP contribution in [0.3, 0.4) is 0 Å². The van der Waals surface area contributed by atoms with E-state index >= 15 is 0 Å². The Kier molecular flexibility index (Phi) is 3.47. The van der Waals surface area contributed by atoms with Gasteiger partial charge in [0.2, 0.25) is 0 Å². The summed E-state index contributed by atoms with van der Waals surface area (Å²) in [5.41, 5.74) is 0.627. The van der Waals surface area contributed by atoms with E-state index in [1.54, 1.807) is 6.92 Å². The zero-order valence-electron chi connectivity index (χ0n) is 9.17. The number of hydrogen-bond donors (Lipinski definition) is 0. The van der Waals surface area contributed by atoms with Gasteiger partial charge in [0.25, 0.3) is 0 Å². The number of hydrogen-bond acceptors (Lipinski definition) is 2. The Labute approximate surface area is 106 Å². The fourth-order valence-electron chi connectivity index (χ4n) is 1.87. The van der Waals surface area contributed by atoms with Gasteiger partial charge in [0.05, 0.1) is 12.5 Å². The van der Waals surface area contributed by atoms with Gasteiger partial charge in [0.1, 0.15) is 0 Å². The lowest BCUT2D eigenvalue weighted by Gasteiger charge is -2.05. The molecule has 0 heterocycles. The first-order valence-electron chi connectivity index (χ1n) is 5.35. The Morgan fingerprint density at radius 2 is 2.12 bits per heavy atom. The van der Waals surface area contributed by atoms with Crippen LogP contribution in [-0.4, -0.2) is 12.6 Å². The minimum absolute atomic E-state index is 0.0708. The van der Waals surface area contributed by atoms with Crippen molar-refractivity contribution in [2.75, 3.05) is 6.61 Å². The molecule has 5 heteroatoms. The van der Waals surface area contributed by atoms with E-state index in [1.165, 1.54) is 0 Å². The first-order chi connectivity index (χ1) is 8.04. The van der Waals surface area contributed by atoms with Crippen LogP contribution in [0, 0.1) is 17.6 Å². The summed E-state index contributed by atoms with van der Waals surface area (Å²) >= 11 is 3.18. The predicted octanol–water partition coefficient (Wildman–Crippen LogP) is 3.39. The van der Waals surface area contributed by atoms with E-state index in [1.807, 2.05) is 0 Å². The Balaban J connectivity index is 2.16. The van der Waals surface area contributed by atoms with Gasteiger partial charge in [-0.3, -0.25) is 4.79 Å². The predicted molar refractivity (Wildman–Crippen MR) is 61.5 cm³/mol. The quantitative estimate of drug-likeness (QED) is 0.632. The molecule has 1 aliphatic rings. The van der Waals surface area contributed by atoms with Crippen LogP contribution in [0.2, 0.25) is 0 Å². The Hall–Kier alpha value is -0.970. The summed E-state index contributed by atoms with van der Waals surface area (Å²) < 4.78 is 31.4. The van der Waals surface area contributed by atoms with E-state index < -0.39 is 11.6 Å². The van der Waals surface area contributed by atoms with Gasteiger partial charge in [0, 0.05) is 4.47 Å². The minimum Gasteiger partial charge on any atom is -0.466 e. The van der Waals surface area contributed by atoms with Gasteiger partial charge in [-0.15, -0.1) is 0 Å². The molecule has 17 heavy (non-hydrogen) atoms. The van der Waals surface area contributed by atoms with E-state index in [2.05, 4.69) is 15.9 Å². The molecule has 0 unspecified atom stereocenters. The fourth-order valence-corrected chi connectivity index (χ4v) is 2.48. The van der Waals surface area contributed by atoms with Crippen LogP contribution in [0.15, 0.2) is 16.6 Å². The maximum atomic E-state index is 13.1. The summed E-state index contributed by atoms with van der Waals surface area (Å²) in [5, 5.41) is 0. The van der Waals surface area contributed by atoms with Gasteiger partial charge in [-0.25, -0.2) is 8.78 Å². The maximum absolute atomic E-state index is 13.1. The van der Waals surface area contributed by atoms with Crippen LogP contribution >= 0.6 is 15.9 Å². The van der Waals surface area contributed by atoms with Gasteiger partial charge < -0.3 is 4.74 Å². The lowest BCUT2D eigenvalue weighted by molar-refractivity contribution is -0.144. The number of esters is 1. The molecule has 1 aromatic carbocycles. The number of rotatable bonds is 3. The molecule has 0 saturated heterocycles. The van der Waals surface area contributed by atoms with Crippen molar-refractivity contribution in [3.8, 4) is 0 Å². The highest BCUT2D eigenvalue weighted by Crippen LogP contribution is 2.50. The summed E-state index contributed by atoms with van der Waals surface area (Å²) in [6.07, 6.45) is 0.627. The van der Waals surface area contributed by atoms with Crippen molar-refractivity contribution < 1.29 is 18.3 Å². The van der Waals surface area contributed by atoms with E-state index in [0.29, 0.717) is 23.1 Å². The van der Waals surface area contributed by atoms with Crippen LogP contribution in [0.4, 0.5) is 8.78 Å². The largest absolute Gasteiger partial charge is 0.466 e. The third kappa shape index (κ3) is 2.49. The lowest BCUT2D eigenvalue weighted by atomic mass is 10.1. The van der Waals surface area contributed by atoms with Crippen LogP contribution in [-0.2, 0) is 9.53 Å². The third-order valence-electron chi connectivity index (χ3n) is 2.82. The number of carbonyl (C=O) groups excluding carboxylic acids is 1. The van der Waals surface area contributed by atoms with E-state index in [0.717, 1.165) is 12.1 Å². The van der Waals surface area contributed by atoms with Crippen LogP contribution in [0.25, 0.3) is 0 Å². The molecule has 2 nitrogen and oxygen atoms in total. The molecule has 0 aliphatic heterocycles. The average molecular weight is 305 g/mol. The van der Waals surface area contributed by atoms with Gasteiger partial charge in [-0.05, 0) is 37.0 Å². The molecule has 1 aliphatic carbocycles. The molecule has 1 fully saturated rings. The fraction of sp³-hybridized carbons (Fsp3) is 0.417. The van der Waals surface area contributed by atoms with E-state index in [4.69, 9.17) is 4.74 Å². The molecule has 1 aromatic rings. The third-order valence-corrected chi connectivity index (χ3v) is 3.51.